The third kappa shape index (κ3) is 2.16. The zero-order chi connectivity index (χ0) is 13.3. The number of benzene rings is 1. The van der Waals surface area contributed by atoms with Gasteiger partial charge < -0.3 is 5.73 Å². The van der Waals surface area contributed by atoms with Crippen LogP contribution >= 0.6 is 0 Å². The molecule has 0 spiro atoms. The molecule has 1 aromatic carbocycles. The molecular formula is C13H13F2N3. The van der Waals surface area contributed by atoms with E-state index in [2.05, 4.69) is 9.97 Å². The highest BCUT2D eigenvalue weighted by Crippen LogP contribution is 2.27. The Morgan fingerprint density at radius 2 is 1.94 bits per heavy atom. The second kappa shape index (κ2) is 4.68. The molecule has 94 valence electrons. The molecule has 0 unspecified atom stereocenters. The molecule has 0 aliphatic rings. The van der Waals surface area contributed by atoms with Gasteiger partial charge in [-0.05, 0) is 18.6 Å². The fourth-order valence-corrected chi connectivity index (χ4v) is 1.70. The van der Waals surface area contributed by atoms with Crippen LogP contribution in [0.2, 0.25) is 0 Å². The lowest BCUT2D eigenvalue weighted by Gasteiger charge is -2.08. The number of halogens is 2. The maximum absolute atomic E-state index is 14.0. The summed E-state index contributed by atoms with van der Waals surface area (Å²) in [6, 6.07) is 3.98. The number of nitrogens with zero attached hydrogens (tertiary/aromatic N) is 2. The average Bonchev–Trinajstić information content (AvgIpc) is 2.34. The van der Waals surface area contributed by atoms with Crippen LogP contribution in [0.25, 0.3) is 11.3 Å². The number of nitrogens with two attached hydrogens (primary N) is 1. The third-order valence-electron chi connectivity index (χ3n) is 2.65. The Balaban J connectivity index is 2.69. The van der Waals surface area contributed by atoms with Gasteiger partial charge in [0, 0.05) is 12.5 Å². The lowest BCUT2D eigenvalue weighted by atomic mass is 10.1. The molecule has 0 saturated heterocycles. The highest BCUT2D eigenvalue weighted by Gasteiger charge is 2.16. The fraction of sp³-hybridized carbons (Fsp3) is 0.231. The van der Waals surface area contributed by atoms with Crippen LogP contribution in [0.5, 0.6) is 0 Å². The molecular weight excluding hydrogens is 236 g/mol. The molecule has 0 bridgehead atoms. The van der Waals surface area contributed by atoms with Crippen LogP contribution in [-0.2, 0) is 6.42 Å². The van der Waals surface area contributed by atoms with E-state index in [1.165, 1.54) is 18.2 Å². The summed E-state index contributed by atoms with van der Waals surface area (Å²) in [4.78, 5) is 8.10. The Hall–Kier alpha value is -2.04. The second-order valence-corrected chi connectivity index (χ2v) is 4.00. The van der Waals surface area contributed by atoms with Crippen molar-refractivity contribution >= 4 is 5.82 Å². The first-order valence-corrected chi connectivity index (χ1v) is 5.61. The van der Waals surface area contributed by atoms with Crippen LogP contribution < -0.4 is 5.73 Å². The number of hydrogen-bond acceptors (Lipinski definition) is 3. The number of hydrogen-bond donors (Lipinski definition) is 1. The maximum Gasteiger partial charge on any atom is 0.138 e. The van der Waals surface area contributed by atoms with E-state index in [9.17, 15) is 8.78 Å². The highest BCUT2D eigenvalue weighted by atomic mass is 19.1. The van der Waals surface area contributed by atoms with Gasteiger partial charge in [0.2, 0.25) is 0 Å². The first-order valence-electron chi connectivity index (χ1n) is 5.61. The summed E-state index contributed by atoms with van der Waals surface area (Å²) in [6.07, 6.45) is 0.549. The predicted molar refractivity (Wildman–Crippen MR) is 65.9 cm³/mol. The van der Waals surface area contributed by atoms with E-state index in [0.29, 0.717) is 17.8 Å². The van der Waals surface area contributed by atoms with Gasteiger partial charge in [0.15, 0.2) is 0 Å². The lowest BCUT2D eigenvalue weighted by molar-refractivity contribution is 0.582. The zero-order valence-electron chi connectivity index (χ0n) is 10.2. The van der Waals surface area contributed by atoms with Gasteiger partial charge in [0.25, 0.3) is 0 Å². The van der Waals surface area contributed by atoms with Gasteiger partial charge in [-0.25, -0.2) is 18.7 Å². The molecule has 2 rings (SSSR count). The maximum atomic E-state index is 14.0. The molecule has 1 heterocycles. The molecule has 2 aromatic rings. The Labute approximate surface area is 104 Å². The van der Waals surface area contributed by atoms with Crippen molar-refractivity contribution in [1.82, 2.24) is 9.97 Å². The van der Waals surface area contributed by atoms with Crippen molar-refractivity contribution in [1.29, 1.82) is 0 Å². The summed E-state index contributed by atoms with van der Waals surface area (Å²) in [5.74, 6) is -0.601. The van der Waals surface area contributed by atoms with Crippen LogP contribution in [-0.4, -0.2) is 9.97 Å². The standard InChI is InChI=1S/C13H13F2N3/c1-3-11-17-9(6-10(16)18-11)12-8(14)5-4-7(2)13(12)15/h4-6H,3H2,1-2H3,(H2,16,17,18). The molecule has 0 radical (unpaired) electrons. The van der Waals surface area contributed by atoms with Crippen molar-refractivity contribution in [3.63, 3.8) is 0 Å². The molecule has 0 aliphatic heterocycles. The summed E-state index contributed by atoms with van der Waals surface area (Å²) in [6.45, 7) is 3.42. The number of rotatable bonds is 2. The Kier molecular flexibility index (Phi) is 3.23. The van der Waals surface area contributed by atoms with Gasteiger partial charge in [-0.3, -0.25) is 0 Å². The van der Waals surface area contributed by atoms with Crippen molar-refractivity contribution in [2.24, 2.45) is 0 Å². The normalized spacial score (nSPS) is 10.7. The summed E-state index contributed by atoms with van der Waals surface area (Å²) < 4.78 is 27.7. The monoisotopic (exact) mass is 249 g/mol. The molecule has 5 heteroatoms. The minimum absolute atomic E-state index is 0.154. The molecule has 0 aliphatic carbocycles. The summed E-state index contributed by atoms with van der Waals surface area (Å²) >= 11 is 0. The van der Waals surface area contributed by atoms with Crippen LogP contribution in [0.1, 0.15) is 18.3 Å². The van der Waals surface area contributed by atoms with Crippen LogP contribution in [0.3, 0.4) is 0 Å². The average molecular weight is 249 g/mol. The van der Waals surface area contributed by atoms with Crippen LogP contribution in [0.15, 0.2) is 18.2 Å². The zero-order valence-corrected chi connectivity index (χ0v) is 10.2. The lowest BCUT2D eigenvalue weighted by Crippen LogP contribution is -2.02. The van der Waals surface area contributed by atoms with Crippen molar-refractivity contribution in [3.8, 4) is 11.3 Å². The number of aryl methyl sites for hydroxylation is 2. The first-order chi connectivity index (χ1) is 8.52. The molecule has 18 heavy (non-hydrogen) atoms. The molecule has 0 atom stereocenters. The van der Waals surface area contributed by atoms with E-state index in [1.807, 2.05) is 6.92 Å². The van der Waals surface area contributed by atoms with E-state index in [1.54, 1.807) is 6.92 Å². The van der Waals surface area contributed by atoms with E-state index in [4.69, 9.17) is 5.73 Å². The molecule has 0 amide bonds. The Morgan fingerprint density at radius 1 is 1.22 bits per heavy atom. The molecule has 0 saturated carbocycles. The van der Waals surface area contributed by atoms with Gasteiger partial charge in [-0.15, -0.1) is 0 Å². The van der Waals surface area contributed by atoms with E-state index < -0.39 is 11.6 Å². The summed E-state index contributed by atoms with van der Waals surface area (Å²) in [5.41, 5.74) is 6.00. The van der Waals surface area contributed by atoms with Crippen molar-refractivity contribution in [3.05, 3.63) is 41.2 Å². The van der Waals surface area contributed by atoms with Gasteiger partial charge in [0.1, 0.15) is 23.3 Å². The first kappa shape index (κ1) is 12.4. The van der Waals surface area contributed by atoms with Crippen LogP contribution in [0.4, 0.5) is 14.6 Å². The number of anilines is 1. The Morgan fingerprint density at radius 3 is 2.61 bits per heavy atom. The van der Waals surface area contributed by atoms with Crippen molar-refractivity contribution in [2.75, 3.05) is 5.73 Å². The largest absolute Gasteiger partial charge is 0.384 e. The molecule has 0 fully saturated rings. The molecule has 2 N–H and O–H groups in total. The van der Waals surface area contributed by atoms with Gasteiger partial charge in [-0.1, -0.05) is 13.0 Å². The number of nitrogen functional groups attached to an aromatic ring is 1. The summed E-state index contributed by atoms with van der Waals surface area (Å²) in [7, 11) is 0. The highest BCUT2D eigenvalue weighted by molar-refractivity contribution is 5.64. The molecule has 3 nitrogen and oxygen atoms in total. The fourth-order valence-electron chi connectivity index (χ4n) is 1.70. The second-order valence-electron chi connectivity index (χ2n) is 4.00. The minimum atomic E-state index is -0.654. The van der Waals surface area contributed by atoms with Gasteiger partial charge in [0.05, 0.1) is 11.3 Å². The third-order valence-corrected chi connectivity index (χ3v) is 2.65. The minimum Gasteiger partial charge on any atom is -0.384 e. The van der Waals surface area contributed by atoms with Crippen molar-refractivity contribution < 1.29 is 8.78 Å². The summed E-state index contributed by atoms with van der Waals surface area (Å²) in [5, 5.41) is 0. The van der Waals surface area contributed by atoms with E-state index >= 15 is 0 Å². The van der Waals surface area contributed by atoms with E-state index in [0.717, 1.165) is 0 Å². The molecule has 1 aromatic heterocycles. The van der Waals surface area contributed by atoms with E-state index in [-0.39, 0.29) is 17.1 Å². The predicted octanol–water partition coefficient (Wildman–Crippen LogP) is 2.87. The van der Waals surface area contributed by atoms with Gasteiger partial charge >= 0.3 is 0 Å². The Bertz CT molecular complexity index is 597. The van der Waals surface area contributed by atoms with Gasteiger partial charge in [-0.2, -0.15) is 0 Å². The topological polar surface area (TPSA) is 51.8 Å². The van der Waals surface area contributed by atoms with Crippen molar-refractivity contribution in [2.45, 2.75) is 20.3 Å². The quantitative estimate of drug-likeness (QED) is 0.890. The SMILES string of the molecule is CCc1nc(N)cc(-c2c(F)ccc(C)c2F)n1. The smallest absolute Gasteiger partial charge is 0.138 e. The number of aromatic nitrogens is 2. The van der Waals surface area contributed by atoms with Crippen LogP contribution in [0, 0.1) is 18.6 Å².